The van der Waals surface area contributed by atoms with Crippen LogP contribution in [0.5, 0.6) is 5.75 Å². The highest BCUT2D eigenvalue weighted by molar-refractivity contribution is 9.10. The molecule has 0 unspecified atom stereocenters. The van der Waals surface area contributed by atoms with Crippen LogP contribution in [0.25, 0.3) is 0 Å². The molecule has 0 saturated carbocycles. The van der Waals surface area contributed by atoms with Gasteiger partial charge in [0.1, 0.15) is 4.90 Å². The van der Waals surface area contributed by atoms with E-state index in [1.165, 1.54) is 6.07 Å². The predicted molar refractivity (Wildman–Crippen MR) is 104 cm³/mol. The molecule has 2 aromatic rings. The number of nitrogens with one attached hydrogen (secondary N) is 2. The van der Waals surface area contributed by atoms with Gasteiger partial charge < -0.3 is 10.1 Å². The Hall–Kier alpha value is -2.06. The molecule has 0 aliphatic carbocycles. The first-order valence-electron chi connectivity index (χ1n) is 8.15. The van der Waals surface area contributed by atoms with Gasteiger partial charge in [-0.1, -0.05) is 41.9 Å². The van der Waals surface area contributed by atoms with E-state index in [9.17, 15) is 13.2 Å². The highest BCUT2D eigenvalue weighted by atomic mass is 79.9. The standard InChI is InChI=1S/C18H19BrN2O4S/c1-11(2)12-3-5-14(6-4-12)21-26(23,24)16-10-13(19)9-15-18(16)25-8-7-17(22)20-15/h3-6,9-11,21H,7-8H2,1-2H3,(H,20,22). The quantitative estimate of drug-likeness (QED) is 0.752. The maximum Gasteiger partial charge on any atom is 0.265 e. The topological polar surface area (TPSA) is 84.5 Å². The Balaban J connectivity index is 1.98. The molecule has 0 radical (unpaired) electrons. The van der Waals surface area contributed by atoms with Crippen LogP contribution in [-0.2, 0) is 14.8 Å². The number of ether oxygens (including phenoxy) is 1. The van der Waals surface area contributed by atoms with Gasteiger partial charge in [-0.25, -0.2) is 8.42 Å². The lowest BCUT2D eigenvalue weighted by atomic mass is 10.0. The maximum atomic E-state index is 12.9. The number of benzene rings is 2. The van der Waals surface area contributed by atoms with E-state index < -0.39 is 10.0 Å². The van der Waals surface area contributed by atoms with Gasteiger partial charge in [0.2, 0.25) is 5.91 Å². The van der Waals surface area contributed by atoms with E-state index in [4.69, 9.17) is 4.74 Å². The minimum Gasteiger partial charge on any atom is -0.489 e. The van der Waals surface area contributed by atoms with Crippen molar-refractivity contribution in [2.45, 2.75) is 31.1 Å². The van der Waals surface area contributed by atoms with E-state index in [-0.39, 0.29) is 29.6 Å². The molecule has 26 heavy (non-hydrogen) atoms. The minimum absolute atomic E-state index is 0.0305. The van der Waals surface area contributed by atoms with Gasteiger partial charge in [0, 0.05) is 10.2 Å². The van der Waals surface area contributed by atoms with Crippen molar-refractivity contribution in [3.63, 3.8) is 0 Å². The number of hydrogen-bond acceptors (Lipinski definition) is 4. The summed E-state index contributed by atoms with van der Waals surface area (Å²) in [5.41, 5.74) is 1.91. The van der Waals surface area contributed by atoms with Gasteiger partial charge in [-0.15, -0.1) is 0 Å². The third-order valence-corrected chi connectivity index (χ3v) is 5.83. The van der Waals surface area contributed by atoms with E-state index >= 15 is 0 Å². The molecule has 1 amide bonds. The summed E-state index contributed by atoms with van der Waals surface area (Å²) in [6, 6.07) is 10.3. The van der Waals surface area contributed by atoms with E-state index in [0.29, 0.717) is 21.8 Å². The number of anilines is 2. The molecule has 1 aliphatic heterocycles. The number of carbonyl (C=O) groups is 1. The minimum atomic E-state index is -3.90. The molecule has 0 saturated heterocycles. The van der Waals surface area contributed by atoms with E-state index in [1.54, 1.807) is 18.2 Å². The van der Waals surface area contributed by atoms with Crippen molar-refractivity contribution in [3.8, 4) is 5.75 Å². The second-order valence-electron chi connectivity index (χ2n) is 6.31. The molecule has 1 aliphatic rings. The molecule has 0 aromatic heterocycles. The van der Waals surface area contributed by atoms with Gasteiger partial charge in [-0.3, -0.25) is 9.52 Å². The van der Waals surface area contributed by atoms with Gasteiger partial charge >= 0.3 is 0 Å². The van der Waals surface area contributed by atoms with Crippen LogP contribution in [-0.4, -0.2) is 20.9 Å². The molecule has 1 heterocycles. The summed E-state index contributed by atoms with van der Waals surface area (Å²) >= 11 is 3.29. The molecule has 0 bridgehead atoms. The molecular formula is C18H19BrN2O4S. The van der Waals surface area contributed by atoms with Crippen LogP contribution in [0.3, 0.4) is 0 Å². The van der Waals surface area contributed by atoms with Crippen molar-refractivity contribution in [1.82, 2.24) is 0 Å². The first-order valence-corrected chi connectivity index (χ1v) is 10.4. The molecule has 2 N–H and O–H groups in total. The van der Waals surface area contributed by atoms with Crippen LogP contribution in [0.1, 0.15) is 31.7 Å². The van der Waals surface area contributed by atoms with E-state index in [0.717, 1.165) is 5.56 Å². The predicted octanol–water partition coefficient (Wildman–Crippen LogP) is 4.09. The summed E-state index contributed by atoms with van der Waals surface area (Å²) in [4.78, 5) is 11.7. The third-order valence-electron chi connectivity index (χ3n) is 3.99. The van der Waals surface area contributed by atoms with Gasteiger partial charge in [0.15, 0.2) is 5.75 Å². The second-order valence-corrected chi connectivity index (χ2v) is 8.88. The molecule has 0 atom stereocenters. The average Bonchev–Trinajstić information content (AvgIpc) is 2.74. The third kappa shape index (κ3) is 4.02. The smallest absolute Gasteiger partial charge is 0.265 e. The lowest BCUT2D eigenvalue weighted by molar-refractivity contribution is -0.116. The number of rotatable bonds is 4. The van der Waals surface area contributed by atoms with Gasteiger partial charge in [-0.2, -0.15) is 0 Å². The molecular weight excluding hydrogens is 420 g/mol. The number of carbonyl (C=O) groups excluding carboxylic acids is 1. The number of amides is 1. The highest BCUT2D eigenvalue weighted by Gasteiger charge is 2.26. The van der Waals surface area contributed by atoms with Gasteiger partial charge in [0.05, 0.1) is 18.7 Å². The zero-order valence-corrected chi connectivity index (χ0v) is 16.8. The molecule has 6 nitrogen and oxygen atoms in total. The van der Waals surface area contributed by atoms with Crippen LogP contribution >= 0.6 is 15.9 Å². The maximum absolute atomic E-state index is 12.9. The van der Waals surface area contributed by atoms with Crippen LogP contribution in [0.2, 0.25) is 0 Å². The first kappa shape index (κ1) is 18.7. The summed E-state index contributed by atoms with van der Waals surface area (Å²) < 4.78 is 34.5. The lowest BCUT2D eigenvalue weighted by Gasteiger charge is -2.15. The molecule has 0 spiro atoms. The summed E-state index contributed by atoms with van der Waals surface area (Å²) in [7, 11) is -3.90. The van der Waals surface area contributed by atoms with E-state index in [1.807, 2.05) is 12.1 Å². The number of fused-ring (bicyclic) bond motifs is 1. The van der Waals surface area contributed by atoms with Crippen molar-refractivity contribution in [2.24, 2.45) is 0 Å². The molecule has 8 heteroatoms. The van der Waals surface area contributed by atoms with Crippen molar-refractivity contribution < 1.29 is 17.9 Å². The Morgan fingerprint density at radius 2 is 1.88 bits per heavy atom. The van der Waals surface area contributed by atoms with Crippen molar-refractivity contribution >= 4 is 43.2 Å². The summed E-state index contributed by atoms with van der Waals surface area (Å²) in [6.45, 7) is 4.26. The van der Waals surface area contributed by atoms with Crippen molar-refractivity contribution in [3.05, 3.63) is 46.4 Å². The van der Waals surface area contributed by atoms with Crippen LogP contribution in [0.4, 0.5) is 11.4 Å². The average molecular weight is 439 g/mol. The number of halogens is 1. The zero-order chi connectivity index (χ0) is 18.9. The molecule has 138 valence electrons. The molecule has 3 rings (SSSR count). The first-order chi connectivity index (χ1) is 12.3. The highest BCUT2D eigenvalue weighted by Crippen LogP contribution is 2.38. The Morgan fingerprint density at radius 1 is 1.19 bits per heavy atom. The summed E-state index contributed by atoms with van der Waals surface area (Å²) in [6.07, 6.45) is 0.163. The Morgan fingerprint density at radius 3 is 2.54 bits per heavy atom. The monoisotopic (exact) mass is 438 g/mol. The number of sulfonamides is 1. The SMILES string of the molecule is CC(C)c1ccc(NS(=O)(=O)c2cc(Br)cc3c2OCCC(=O)N3)cc1. The Bertz CT molecular complexity index is 940. The summed E-state index contributed by atoms with van der Waals surface area (Å²) in [5.74, 6) is 0.284. The summed E-state index contributed by atoms with van der Waals surface area (Å²) in [5, 5.41) is 2.67. The molecule has 0 fully saturated rings. The molecule has 2 aromatic carbocycles. The largest absolute Gasteiger partial charge is 0.489 e. The Labute approximate surface area is 161 Å². The fraction of sp³-hybridized carbons (Fsp3) is 0.278. The second kappa shape index (κ2) is 7.28. The lowest BCUT2D eigenvalue weighted by Crippen LogP contribution is -2.15. The van der Waals surface area contributed by atoms with Crippen molar-refractivity contribution in [2.75, 3.05) is 16.6 Å². The van der Waals surface area contributed by atoms with Gasteiger partial charge in [0.25, 0.3) is 10.0 Å². The fourth-order valence-electron chi connectivity index (χ4n) is 2.61. The van der Waals surface area contributed by atoms with Crippen molar-refractivity contribution in [1.29, 1.82) is 0 Å². The van der Waals surface area contributed by atoms with E-state index in [2.05, 4.69) is 39.8 Å². The van der Waals surface area contributed by atoms with Crippen LogP contribution < -0.4 is 14.8 Å². The zero-order valence-electron chi connectivity index (χ0n) is 14.4. The van der Waals surface area contributed by atoms with Crippen LogP contribution in [0, 0.1) is 0 Å². The normalized spacial score (nSPS) is 14.2. The number of hydrogen-bond donors (Lipinski definition) is 2. The van der Waals surface area contributed by atoms with Crippen LogP contribution in [0.15, 0.2) is 45.8 Å². The Kier molecular flexibility index (Phi) is 5.24. The van der Waals surface area contributed by atoms with Gasteiger partial charge in [-0.05, 0) is 35.7 Å². The fourth-order valence-corrected chi connectivity index (χ4v) is 4.48.